The van der Waals surface area contributed by atoms with Gasteiger partial charge in [-0.1, -0.05) is 30.3 Å². The summed E-state index contributed by atoms with van der Waals surface area (Å²) in [7, 11) is 0. The highest BCUT2D eigenvalue weighted by molar-refractivity contribution is 6.15. The molecule has 4 aromatic carbocycles. The highest BCUT2D eigenvalue weighted by Gasteiger charge is 2.10. The van der Waals surface area contributed by atoms with Gasteiger partial charge >= 0.3 is 0 Å². The van der Waals surface area contributed by atoms with Gasteiger partial charge in [0.1, 0.15) is 0 Å². The summed E-state index contributed by atoms with van der Waals surface area (Å²) in [6.07, 6.45) is 0. The van der Waals surface area contributed by atoms with Crippen LogP contribution in [0.5, 0.6) is 11.5 Å². The lowest BCUT2D eigenvalue weighted by Gasteiger charge is -2.11. The molecular formula is C19H14O2. The van der Waals surface area contributed by atoms with Crippen LogP contribution in [0.2, 0.25) is 0 Å². The lowest BCUT2D eigenvalue weighted by molar-refractivity contribution is 0.408. The van der Waals surface area contributed by atoms with E-state index in [4.69, 9.17) is 0 Å². The predicted molar refractivity (Wildman–Crippen MR) is 87.0 cm³/mol. The van der Waals surface area contributed by atoms with Crippen LogP contribution in [0.1, 0.15) is 5.56 Å². The number of hydrogen-bond acceptors (Lipinski definition) is 2. The minimum Gasteiger partial charge on any atom is -0.504 e. The lowest BCUT2D eigenvalue weighted by Crippen LogP contribution is -1.85. The fraction of sp³-hybridized carbons (Fsp3) is 0.0526. The van der Waals surface area contributed by atoms with Gasteiger partial charge in [-0.3, -0.25) is 0 Å². The van der Waals surface area contributed by atoms with Crippen LogP contribution in [0.25, 0.3) is 32.3 Å². The average Bonchev–Trinajstić information content (AvgIpc) is 2.51. The zero-order valence-corrected chi connectivity index (χ0v) is 11.6. The summed E-state index contributed by atoms with van der Waals surface area (Å²) >= 11 is 0. The lowest BCUT2D eigenvalue weighted by atomic mass is 9.94. The molecule has 21 heavy (non-hydrogen) atoms. The van der Waals surface area contributed by atoms with E-state index in [1.54, 1.807) is 6.07 Å². The van der Waals surface area contributed by atoms with E-state index in [0.717, 1.165) is 10.8 Å². The molecule has 0 atom stereocenters. The van der Waals surface area contributed by atoms with E-state index < -0.39 is 0 Å². The average molecular weight is 274 g/mol. The Morgan fingerprint density at radius 3 is 2.24 bits per heavy atom. The van der Waals surface area contributed by atoms with E-state index in [0.29, 0.717) is 5.39 Å². The molecule has 0 heterocycles. The van der Waals surface area contributed by atoms with Gasteiger partial charge in [0.15, 0.2) is 11.5 Å². The van der Waals surface area contributed by atoms with Gasteiger partial charge in [-0.2, -0.15) is 0 Å². The molecule has 0 aliphatic carbocycles. The molecule has 2 heteroatoms. The Morgan fingerprint density at radius 2 is 1.38 bits per heavy atom. The smallest absolute Gasteiger partial charge is 0.165 e. The van der Waals surface area contributed by atoms with Gasteiger partial charge < -0.3 is 10.2 Å². The van der Waals surface area contributed by atoms with E-state index in [1.807, 2.05) is 30.3 Å². The second-order valence-corrected chi connectivity index (χ2v) is 5.41. The molecule has 4 rings (SSSR count). The second-order valence-electron chi connectivity index (χ2n) is 5.41. The fourth-order valence-electron chi connectivity index (χ4n) is 3.15. The molecule has 0 fully saturated rings. The van der Waals surface area contributed by atoms with Gasteiger partial charge in [0.2, 0.25) is 0 Å². The topological polar surface area (TPSA) is 40.5 Å². The number of phenolic OH excluding ortho intramolecular Hbond substituents is 2. The Bertz CT molecular complexity index is 1020. The SMILES string of the molecule is Cc1c2ccccc2cc2c1ccc1c(O)c(O)ccc12. The van der Waals surface area contributed by atoms with E-state index in [1.165, 1.54) is 21.7 Å². The number of aromatic hydroxyl groups is 2. The van der Waals surface area contributed by atoms with Gasteiger partial charge in [-0.15, -0.1) is 0 Å². The summed E-state index contributed by atoms with van der Waals surface area (Å²) in [5, 5.41) is 26.0. The Kier molecular flexibility index (Phi) is 2.36. The number of benzene rings is 4. The molecule has 2 nitrogen and oxygen atoms in total. The number of phenols is 2. The van der Waals surface area contributed by atoms with Crippen molar-refractivity contribution < 1.29 is 10.2 Å². The molecule has 2 N–H and O–H groups in total. The Hall–Kier alpha value is -2.74. The summed E-state index contributed by atoms with van der Waals surface area (Å²) in [6.45, 7) is 2.12. The first kappa shape index (κ1) is 12.0. The second kappa shape index (κ2) is 4.13. The van der Waals surface area contributed by atoms with E-state index in [-0.39, 0.29) is 11.5 Å². The molecule has 102 valence electrons. The fourth-order valence-corrected chi connectivity index (χ4v) is 3.15. The molecule has 0 aromatic heterocycles. The zero-order chi connectivity index (χ0) is 14.6. The van der Waals surface area contributed by atoms with Gasteiger partial charge in [-0.05, 0) is 63.7 Å². The van der Waals surface area contributed by atoms with Crippen LogP contribution in [0.3, 0.4) is 0 Å². The third-order valence-electron chi connectivity index (χ3n) is 4.26. The van der Waals surface area contributed by atoms with Crippen LogP contribution in [-0.4, -0.2) is 10.2 Å². The van der Waals surface area contributed by atoms with Gasteiger partial charge in [-0.25, -0.2) is 0 Å². The van der Waals surface area contributed by atoms with E-state index in [2.05, 4.69) is 25.1 Å². The molecule has 0 amide bonds. The highest BCUT2D eigenvalue weighted by atomic mass is 16.3. The van der Waals surface area contributed by atoms with Crippen molar-refractivity contribution in [1.82, 2.24) is 0 Å². The number of rotatable bonds is 0. The number of fused-ring (bicyclic) bond motifs is 4. The van der Waals surface area contributed by atoms with E-state index in [9.17, 15) is 10.2 Å². The maximum Gasteiger partial charge on any atom is 0.165 e. The van der Waals surface area contributed by atoms with Gasteiger partial charge in [0.05, 0.1) is 0 Å². The maximum atomic E-state index is 10.1. The molecule has 0 spiro atoms. The van der Waals surface area contributed by atoms with Gasteiger partial charge in [0.25, 0.3) is 0 Å². The van der Waals surface area contributed by atoms with Crippen molar-refractivity contribution >= 4 is 32.3 Å². The summed E-state index contributed by atoms with van der Waals surface area (Å²) in [6, 6.07) is 17.7. The quantitative estimate of drug-likeness (QED) is 0.273. The Morgan fingerprint density at radius 1 is 0.667 bits per heavy atom. The molecule has 0 unspecified atom stereocenters. The van der Waals surface area contributed by atoms with Crippen molar-refractivity contribution in [3.05, 3.63) is 60.2 Å². The van der Waals surface area contributed by atoms with Crippen molar-refractivity contribution in [3.8, 4) is 11.5 Å². The monoisotopic (exact) mass is 274 g/mol. The Balaban J connectivity index is 2.28. The first-order valence-corrected chi connectivity index (χ1v) is 6.92. The molecule has 0 saturated carbocycles. The molecule has 0 saturated heterocycles. The molecule has 0 bridgehead atoms. The largest absolute Gasteiger partial charge is 0.504 e. The molecular weight excluding hydrogens is 260 g/mol. The van der Waals surface area contributed by atoms with Crippen molar-refractivity contribution in [2.75, 3.05) is 0 Å². The summed E-state index contributed by atoms with van der Waals surface area (Å²) in [4.78, 5) is 0. The molecule has 0 aliphatic rings. The van der Waals surface area contributed by atoms with Crippen LogP contribution < -0.4 is 0 Å². The van der Waals surface area contributed by atoms with Crippen molar-refractivity contribution in [3.63, 3.8) is 0 Å². The van der Waals surface area contributed by atoms with Crippen LogP contribution in [0.4, 0.5) is 0 Å². The number of hydrogen-bond donors (Lipinski definition) is 2. The number of aryl methyl sites for hydroxylation is 1. The zero-order valence-electron chi connectivity index (χ0n) is 11.6. The minimum atomic E-state index is -0.0839. The van der Waals surface area contributed by atoms with Crippen LogP contribution >= 0.6 is 0 Å². The van der Waals surface area contributed by atoms with E-state index >= 15 is 0 Å². The third-order valence-corrected chi connectivity index (χ3v) is 4.26. The predicted octanol–water partition coefficient (Wildman–Crippen LogP) is 4.87. The van der Waals surface area contributed by atoms with Crippen molar-refractivity contribution in [1.29, 1.82) is 0 Å². The first-order chi connectivity index (χ1) is 10.2. The van der Waals surface area contributed by atoms with Gasteiger partial charge in [0, 0.05) is 5.39 Å². The standard InChI is InChI=1S/C19H14O2/c1-11-13-5-3-2-4-12(13)10-17-14(11)6-7-16-15(17)8-9-18(20)19(16)21/h2-10,20-21H,1H3. The summed E-state index contributed by atoms with van der Waals surface area (Å²) in [5.41, 5.74) is 1.23. The normalized spacial score (nSPS) is 11.5. The molecule has 0 radical (unpaired) electrons. The first-order valence-electron chi connectivity index (χ1n) is 6.92. The highest BCUT2D eigenvalue weighted by Crippen LogP contribution is 2.39. The minimum absolute atomic E-state index is 0.0554. The van der Waals surface area contributed by atoms with Crippen molar-refractivity contribution in [2.45, 2.75) is 6.92 Å². The Labute approximate surface area is 121 Å². The molecule has 0 aliphatic heterocycles. The maximum absolute atomic E-state index is 10.1. The van der Waals surface area contributed by atoms with Crippen LogP contribution in [-0.2, 0) is 0 Å². The van der Waals surface area contributed by atoms with Crippen LogP contribution in [0, 0.1) is 6.92 Å². The summed E-state index contributed by atoms with van der Waals surface area (Å²) in [5.74, 6) is -0.139. The summed E-state index contributed by atoms with van der Waals surface area (Å²) < 4.78 is 0. The molecule has 4 aromatic rings. The third kappa shape index (κ3) is 1.59. The van der Waals surface area contributed by atoms with Crippen molar-refractivity contribution in [2.24, 2.45) is 0 Å². The van der Waals surface area contributed by atoms with Crippen LogP contribution in [0.15, 0.2) is 54.6 Å².